The molecular weight excluding hydrogens is 486 g/mol. The van der Waals surface area contributed by atoms with E-state index in [2.05, 4.69) is 31.5 Å². The van der Waals surface area contributed by atoms with Gasteiger partial charge in [0.15, 0.2) is 11.5 Å². The maximum Gasteiger partial charge on any atom is 0.279 e. The summed E-state index contributed by atoms with van der Waals surface area (Å²) in [7, 11) is 0. The van der Waals surface area contributed by atoms with Gasteiger partial charge in [0.2, 0.25) is 0 Å². The Labute approximate surface area is 190 Å². The van der Waals surface area contributed by atoms with E-state index in [1.807, 2.05) is 0 Å². The summed E-state index contributed by atoms with van der Waals surface area (Å²) in [5.74, 6) is -0.263. The predicted molar refractivity (Wildman–Crippen MR) is 115 cm³/mol. The van der Waals surface area contributed by atoms with Crippen LogP contribution in [0.4, 0.5) is 14.6 Å². The number of nitrogens with one attached hydrogen (secondary N) is 1. The van der Waals surface area contributed by atoms with E-state index in [0.717, 1.165) is 5.56 Å². The third-order valence-electron chi connectivity index (χ3n) is 4.59. The number of anilines is 1. The highest BCUT2D eigenvalue weighted by Crippen LogP contribution is 2.23. The van der Waals surface area contributed by atoms with E-state index in [4.69, 9.17) is 9.26 Å². The summed E-state index contributed by atoms with van der Waals surface area (Å²) in [6, 6.07) is 11.7. The number of aromatic nitrogens is 3. The van der Waals surface area contributed by atoms with Gasteiger partial charge in [-0.05, 0) is 52.7 Å². The lowest BCUT2D eigenvalue weighted by atomic mass is 10.2. The summed E-state index contributed by atoms with van der Waals surface area (Å²) < 4.78 is 39.3. The van der Waals surface area contributed by atoms with Crippen molar-refractivity contribution in [2.45, 2.75) is 20.1 Å². The zero-order chi connectivity index (χ0) is 22.7. The van der Waals surface area contributed by atoms with Gasteiger partial charge >= 0.3 is 0 Å². The third-order valence-corrected chi connectivity index (χ3v) is 5.17. The Bertz CT molecular complexity index is 1250. The summed E-state index contributed by atoms with van der Waals surface area (Å²) in [5.41, 5.74) is 1.33. The number of halogens is 3. The van der Waals surface area contributed by atoms with Crippen LogP contribution in [0.25, 0.3) is 0 Å². The molecule has 0 unspecified atom stereocenters. The van der Waals surface area contributed by atoms with Crippen molar-refractivity contribution in [3.8, 4) is 5.75 Å². The summed E-state index contributed by atoms with van der Waals surface area (Å²) in [6.45, 7) is 2.02. The lowest BCUT2D eigenvalue weighted by Crippen LogP contribution is -2.16. The lowest BCUT2D eigenvalue weighted by Gasteiger charge is -2.07. The van der Waals surface area contributed by atoms with Crippen LogP contribution in [-0.4, -0.2) is 20.8 Å². The molecule has 2 heterocycles. The van der Waals surface area contributed by atoms with Gasteiger partial charge in [-0.15, -0.1) is 0 Å². The minimum absolute atomic E-state index is 0.0261. The van der Waals surface area contributed by atoms with Gasteiger partial charge in [0.25, 0.3) is 5.91 Å². The molecule has 0 aliphatic rings. The van der Waals surface area contributed by atoms with Crippen LogP contribution in [0, 0.1) is 18.6 Å². The molecule has 4 aromatic rings. The van der Waals surface area contributed by atoms with Gasteiger partial charge in [-0.2, -0.15) is 5.10 Å². The first-order chi connectivity index (χ1) is 15.4. The van der Waals surface area contributed by atoms with Gasteiger partial charge in [-0.25, -0.2) is 8.78 Å². The number of carbonyl (C=O) groups is 1. The van der Waals surface area contributed by atoms with Crippen molar-refractivity contribution in [3.63, 3.8) is 0 Å². The minimum Gasteiger partial charge on any atom is -0.489 e. The highest BCUT2D eigenvalue weighted by atomic mass is 79.9. The van der Waals surface area contributed by atoms with Crippen LogP contribution < -0.4 is 10.1 Å². The molecule has 0 saturated heterocycles. The number of amides is 1. The van der Waals surface area contributed by atoms with E-state index in [0.29, 0.717) is 28.1 Å². The first-order valence-corrected chi connectivity index (χ1v) is 10.3. The van der Waals surface area contributed by atoms with Gasteiger partial charge in [0, 0.05) is 12.3 Å². The van der Waals surface area contributed by atoms with Crippen LogP contribution in [0.15, 0.2) is 63.7 Å². The quantitative estimate of drug-likeness (QED) is 0.380. The van der Waals surface area contributed by atoms with Crippen LogP contribution in [0.5, 0.6) is 5.75 Å². The van der Waals surface area contributed by atoms with Crippen molar-refractivity contribution in [1.82, 2.24) is 14.9 Å². The Kier molecular flexibility index (Phi) is 6.31. The van der Waals surface area contributed by atoms with E-state index in [-0.39, 0.29) is 23.9 Å². The second kappa shape index (κ2) is 9.31. The number of rotatable bonds is 7. The normalized spacial score (nSPS) is 10.9. The van der Waals surface area contributed by atoms with Crippen molar-refractivity contribution >= 4 is 27.7 Å². The average molecular weight is 503 g/mol. The Morgan fingerprint density at radius 2 is 1.97 bits per heavy atom. The lowest BCUT2D eigenvalue weighted by molar-refractivity contribution is 0.101. The van der Waals surface area contributed by atoms with E-state index in [9.17, 15) is 13.6 Å². The zero-order valence-corrected chi connectivity index (χ0v) is 18.4. The molecule has 0 spiro atoms. The maximum absolute atomic E-state index is 13.4. The Hall–Kier alpha value is -3.53. The molecule has 32 heavy (non-hydrogen) atoms. The molecule has 1 amide bonds. The number of benzene rings is 2. The topological polar surface area (TPSA) is 82.2 Å². The molecule has 7 nitrogen and oxygen atoms in total. The second-order valence-electron chi connectivity index (χ2n) is 6.92. The fourth-order valence-corrected chi connectivity index (χ4v) is 3.37. The highest BCUT2D eigenvalue weighted by Gasteiger charge is 2.22. The molecule has 0 bridgehead atoms. The number of carbonyl (C=O) groups excluding carboxylic acids is 1. The first-order valence-electron chi connectivity index (χ1n) is 9.51. The largest absolute Gasteiger partial charge is 0.489 e. The zero-order valence-electron chi connectivity index (χ0n) is 16.8. The van der Waals surface area contributed by atoms with Crippen molar-refractivity contribution in [3.05, 3.63) is 93.4 Å². The Morgan fingerprint density at radius 3 is 2.72 bits per heavy atom. The molecule has 0 aliphatic carbocycles. The standard InChI is InChI=1S/C22H17BrF2N4O3/c1-13-18(12-31-17-4-2-3-16(25)9-17)20(28-32-13)22(30)26-21-19(23)11-29(27-21)10-14-5-7-15(24)8-6-14/h2-9,11H,10,12H2,1H3,(H,26,27,30). The van der Waals surface area contributed by atoms with Crippen molar-refractivity contribution in [2.75, 3.05) is 5.32 Å². The minimum atomic E-state index is -0.535. The summed E-state index contributed by atoms with van der Waals surface area (Å²) in [6.07, 6.45) is 1.70. The van der Waals surface area contributed by atoms with Gasteiger partial charge in [-0.3, -0.25) is 9.48 Å². The smallest absolute Gasteiger partial charge is 0.279 e. The predicted octanol–water partition coefficient (Wildman–Crippen LogP) is 5.10. The molecule has 0 radical (unpaired) electrons. The van der Waals surface area contributed by atoms with Crippen LogP contribution in [-0.2, 0) is 13.2 Å². The van der Waals surface area contributed by atoms with E-state index >= 15 is 0 Å². The molecule has 2 aromatic carbocycles. The summed E-state index contributed by atoms with van der Waals surface area (Å²) >= 11 is 3.37. The number of aryl methyl sites for hydroxylation is 1. The first kappa shape index (κ1) is 21.7. The molecule has 0 fully saturated rings. The van der Waals surface area contributed by atoms with Gasteiger partial charge in [0.1, 0.15) is 29.8 Å². The third kappa shape index (κ3) is 5.02. The fourth-order valence-electron chi connectivity index (χ4n) is 2.96. The number of nitrogens with zero attached hydrogens (tertiary/aromatic N) is 3. The van der Waals surface area contributed by atoms with Crippen molar-refractivity contribution < 1.29 is 22.8 Å². The van der Waals surface area contributed by atoms with Gasteiger partial charge < -0.3 is 14.6 Å². The van der Waals surface area contributed by atoms with Crippen LogP contribution in [0.1, 0.15) is 27.4 Å². The van der Waals surface area contributed by atoms with Crippen molar-refractivity contribution in [1.29, 1.82) is 0 Å². The van der Waals surface area contributed by atoms with Crippen LogP contribution in [0.3, 0.4) is 0 Å². The summed E-state index contributed by atoms with van der Waals surface area (Å²) in [4.78, 5) is 12.8. The Morgan fingerprint density at radius 1 is 1.19 bits per heavy atom. The molecule has 1 N–H and O–H groups in total. The van der Waals surface area contributed by atoms with Crippen molar-refractivity contribution in [2.24, 2.45) is 0 Å². The van der Waals surface area contributed by atoms with E-state index in [1.54, 1.807) is 36.0 Å². The van der Waals surface area contributed by atoms with Crippen LogP contribution in [0.2, 0.25) is 0 Å². The number of hydrogen-bond acceptors (Lipinski definition) is 5. The molecule has 2 aromatic heterocycles. The molecule has 0 aliphatic heterocycles. The number of ether oxygens (including phenoxy) is 1. The fraction of sp³-hybridized carbons (Fsp3) is 0.136. The monoisotopic (exact) mass is 502 g/mol. The van der Waals surface area contributed by atoms with E-state index in [1.165, 1.54) is 30.3 Å². The molecule has 164 valence electrons. The number of hydrogen-bond donors (Lipinski definition) is 1. The van der Waals surface area contributed by atoms with Gasteiger partial charge in [0.05, 0.1) is 16.6 Å². The highest BCUT2D eigenvalue weighted by molar-refractivity contribution is 9.10. The molecule has 4 rings (SSSR count). The van der Waals surface area contributed by atoms with Crippen LogP contribution >= 0.6 is 15.9 Å². The Balaban J connectivity index is 1.46. The molecule has 0 saturated carbocycles. The molecule has 0 atom stereocenters. The average Bonchev–Trinajstić information content (AvgIpc) is 3.30. The SMILES string of the molecule is Cc1onc(C(=O)Nc2nn(Cc3ccc(F)cc3)cc2Br)c1COc1cccc(F)c1. The van der Waals surface area contributed by atoms with Gasteiger partial charge in [-0.1, -0.05) is 23.4 Å². The molecular formula is C22H17BrF2N4O3. The maximum atomic E-state index is 13.4. The molecule has 10 heteroatoms. The van der Waals surface area contributed by atoms with E-state index < -0.39 is 11.7 Å². The second-order valence-corrected chi connectivity index (χ2v) is 7.77. The summed E-state index contributed by atoms with van der Waals surface area (Å²) in [5, 5.41) is 10.9.